The molecule has 2 aliphatic rings. The topological polar surface area (TPSA) is 122 Å². The highest BCUT2D eigenvalue weighted by molar-refractivity contribution is 7.92. The second-order valence-corrected chi connectivity index (χ2v) is 11.6. The van der Waals surface area contributed by atoms with Gasteiger partial charge in [0.05, 0.1) is 35.7 Å². The average Bonchev–Trinajstić information content (AvgIpc) is 3.40. The lowest BCUT2D eigenvalue weighted by atomic mass is 10.1. The predicted octanol–water partition coefficient (Wildman–Crippen LogP) is 1.75. The summed E-state index contributed by atoms with van der Waals surface area (Å²) >= 11 is 0. The first-order valence-electron chi connectivity index (χ1n) is 10.9. The second kappa shape index (κ2) is 9.90. The van der Waals surface area contributed by atoms with Crippen molar-refractivity contribution in [2.24, 2.45) is 0 Å². The van der Waals surface area contributed by atoms with E-state index in [2.05, 4.69) is 4.72 Å². The number of morpholine rings is 1. The molecular formula is C22H27N3O7S2. The third-order valence-electron chi connectivity index (χ3n) is 5.82. The van der Waals surface area contributed by atoms with Gasteiger partial charge in [-0.1, -0.05) is 0 Å². The van der Waals surface area contributed by atoms with Crippen molar-refractivity contribution >= 4 is 31.6 Å². The quantitative estimate of drug-likeness (QED) is 0.603. The summed E-state index contributed by atoms with van der Waals surface area (Å²) in [6.45, 7) is 2.61. The fraction of sp³-hybridized carbons (Fsp3) is 0.409. The van der Waals surface area contributed by atoms with Gasteiger partial charge in [-0.05, 0) is 55.3 Å². The van der Waals surface area contributed by atoms with E-state index < -0.39 is 20.0 Å². The van der Waals surface area contributed by atoms with E-state index in [4.69, 9.17) is 9.47 Å². The van der Waals surface area contributed by atoms with E-state index in [0.29, 0.717) is 39.4 Å². The summed E-state index contributed by atoms with van der Waals surface area (Å²) in [4.78, 5) is 14.6. The number of anilines is 1. The summed E-state index contributed by atoms with van der Waals surface area (Å²) in [5.41, 5.74) is 0.344. The van der Waals surface area contributed by atoms with Gasteiger partial charge < -0.3 is 14.4 Å². The van der Waals surface area contributed by atoms with Crippen molar-refractivity contribution < 1.29 is 31.1 Å². The first-order chi connectivity index (χ1) is 16.2. The molecule has 2 aromatic rings. The van der Waals surface area contributed by atoms with Crippen molar-refractivity contribution in [3.8, 4) is 5.75 Å². The van der Waals surface area contributed by atoms with E-state index in [1.54, 1.807) is 4.90 Å². The summed E-state index contributed by atoms with van der Waals surface area (Å²) in [5.74, 6) is -0.0689. The molecule has 1 amide bonds. The van der Waals surface area contributed by atoms with Crippen molar-refractivity contribution in [1.29, 1.82) is 0 Å². The second-order valence-electron chi connectivity index (χ2n) is 8.01. The predicted molar refractivity (Wildman–Crippen MR) is 125 cm³/mol. The lowest BCUT2D eigenvalue weighted by molar-refractivity contribution is 0.0300. The van der Waals surface area contributed by atoms with Crippen LogP contribution >= 0.6 is 0 Å². The molecule has 0 unspecified atom stereocenters. The number of carbonyl (C=O) groups is 1. The summed E-state index contributed by atoms with van der Waals surface area (Å²) < 4.78 is 65.8. The Kier molecular flexibility index (Phi) is 7.12. The maximum absolute atomic E-state index is 13.0. The van der Waals surface area contributed by atoms with Crippen LogP contribution in [0.1, 0.15) is 23.2 Å². The Balaban J connectivity index is 1.55. The fourth-order valence-electron chi connectivity index (χ4n) is 3.94. The molecule has 2 aliphatic heterocycles. The molecule has 2 saturated heterocycles. The molecule has 0 spiro atoms. The molecule has 0 aromatic heterocycles. The van der Waals surface area contributed by atoms with Crippen molar-refractivity contribution in [3.63, 3.8) is 0 Å². The van der Waals surface area contributed by atoms with Crippen molar-refractivity contribution in [2.45, 2.75) is 22.6 Å². The fourth-order valence-corrected chi connectivity index (χ4v) is 6.55. The molecule has 1 N–H and O–H groups in total. The van der Waals surface area contributed by atoms with Crippen molar-refractivity contribution in [3.05, 3.63) is 48.0 Å². The maximum Gasteiger partial charge on any atom is 0.261 e. The van der Waals surface area contributed by atoms with Gasteiger partial charge >= 0.3 is 0 Å². The van der Waals surface area contributed by atoms with Gasteiger partial charge in [-0.3, -0.25) is 9.52 Å². The van der Waals surface area contributed by atoms with Crippen LogP contribution in [0.3, 0.4) is 0 Å². The third-order valence-corrected chi connectivity index (χ3v) is 9.11. The van der Waals surface area contributed by atoms with Gasteiger partial charge in [-0.2, -0.15) is 4.31 Å². The lowest BCUT2D eigenvalue weighted by Gasteiger charge is -2.27. The standard InChI is InChI=1S/C22H27N3O7S2/c1-31-21-9-8-19(16-20(21)22(26)24-12-14-32-15-13-24)33(27,28)23-17-4-6-18(7-5-17)34(29,30)25-10-2-3-11-25/h4-9,16,23H,2-3,10-15H2,1H3. The number of carbonyl (C=O) groups excluding carboxylic acids is 1. The van der Waals surface area contributed by atoms with Crippen molar-refractivity contribution in [1.82, 2.24) is 9.21 Å². The monoisotopic (exact) mass is 509 g/mol. The normalized spacial score (nSPS) is 17.5. The van der Waals surface area contributed by atoms with Crippen LogP contribution in [-0.4, -0.2) is 78.5 Å². The molecule has 0 bridgehead atoms. The molecule has 2 heterocycles. The Morgan fingerprint density at radius 2 is 1.53 bits per heavy atom. The molecule has 2 fully saturated rings. The summed E-state index contributed by atoms with van der Waals surface area (Å²) in [7, 11) is -6.23. The van der Waals surface area contributed by atoms with Crippen LogP contribution < -0.4 is 9.46 Å². The average molecular weight is 510 g/mol. The first-order valence-corrected chi connectivity index (χ1v) is 13.8. The highest BCUT2D eigenvalue weighted by atomic mass is 32.2. The molecule has 184 valence electrons. The molecule has 4 rings (SSSR count). The van der Waals surface area contributed by atoms with E-state index >= 15 is 0 Å². The first kappa shape index (κ1) is 24.5. The number of hydrogen-bond donors (Lipinski definition) is 1. The van der Waals surface area contributed by atoms with Gasteiger partial charge in [0, 0.05) is 31.9 Å². The minimum absolute atomic E-state index is 0.111. The maximum atomic E-state index is 13.0. The Morgan fingerprint density at radius 1 is 0.912 bits per heavy atom. The number of amides is 1. The highest BCUT2D eigenvalue weighted by Crippen LogP contribution is 2.27. The van der Waals surface area contributed by atoms with E-state index in [9.17, 15) is 21.6 Å². The number of sulfonamides is 2. The number of nitrogens with one attached hydrogen (secondary N) is 1. The molecular weight excluding hydrogens is 482 g/mol. The smallest absolute Gasteiger partial charge is 0.261 e. The SMILES string of the molecule is COc1ccc(S(=O)(=O)Nc2ccc(S(=O)(=O)N3CCCC3)cc2)cc1C(=O)N1CCOCC1. The summed E-state index contributed by atoms with van der Waals surface area (Å²) in [5, 5.41) is 0. The Morgan fingerprint density at radius 3 is 2.15 bits per heavy atom. The van der Waals surface area contributed by atoms with Gasteiger partial charge in [-0.25, -0.2) is 16.8 Å². The Bertz CT molecular complexity index is 1250. The van der Waals surface area contributed by atoms with Crippen LogP contribution in [0.4, 0.5) is 5.69 Å². The molecule has 0 saturated carbocycles. The molecule has 0 atom stereocenters. The number of hydrogen-bond acceptors (Lipinski definition) is 7. The number of ether oxygens (including phenoxy) is 2. The summed E-state index contributed by atoms with van der Waals surface area (Å²) in [6.07, 6.45) is 1.66. The van der Waals surface area contributed by atoms with E-state index in [0.717, 1.165) is 12.8 Å². The Hall–Kier alpha value is -2.67. The van der Waals surface area contributed by atoms with Gasteiger partial charge in [0.2, 0.25) is 10.0 Å². The highest BCUT2D eigenvalue weighted by Gasteiger charge is 2.28. The van der Waals surface area contributed by atoms with Crippen molar-refractivity contribution in [2.75, 3.05) is 51.2 Å². The van der Waals surface area contributed by atoms with E-state index in [-0.39, 0.29) is 32.7 Å². The number of benzene rings is 2. The van der Waals surface area contributed by atoms with Crippen LogP contribution in [0.2, 0.25) is 0 Å². The van der Waals surface area contributed by atoms with Gasteiger partial charge in [0.1, 0.15) is 5.75 Å². The van der Waals surface area contributed by atoms with Gasteiger partial charge in [0.25, 0.3) is 15.9 Å². The van der Waals surface area contributed by atoms with Gasteiger partial charge in [0.15, 0.2) is 0 Å². The van der Waals surface area contributed by atoms with Crippen LogP contribution in [-0.2, 0) is 24.8 Å². The minimum Gasteiger partial charge on any atom is -0.496 e. The lowest BCUT2D eigenvalue weighted by Crippen LogP contribution is -2.40. The molecule has 12 heteroatoms. The Labute approximate surface area is 199 Å². The molecule has 34 heavy (non-hydrogen) atoms. The number of rotatable bonds is 7. The van der Waals surface area contributed by atoms with Crippen LogP contribution in [0.15, 0.2) is 52.3 Å². The van der Waals surface area contributed by atoms with Crippen LogP contribution in [0.5, 0.6) is 5.75 Å². The zero-order valence-corrected chi connectivity index (χ0v) is 20.4. The van der Waals surface area contributed by atoms with Crippen LogP contribution in [0, 0.1) is 0 Å². The molecule has 2 aromatic carbocycles. The van der Waals surface area contributed by atoms with Crippen LogP contribution in [0.25, 0.3) is 0 Å². The zero-order chi connectivity index (χ0) is 24.3. The number of nitrogens with zero attached hydrogens (tertiary/aromatic N) is 2. The van der Waals surface area contributed by atoms with E-state index in [1.807, 2.05) is 0 Å². The minimum atomic E-state index is -4.05. The third kappa shape index (κ3) is 5.04. The number of methoxy groups -OCH3 is 1. The largest absolute Gasteiger partial charge is 0.496 e. The molecule has 0 radical (unpaired) electrons. The van der Waals surface area contributed by atoms with E-state index in [1.165, 1.54) is 53.9 Å². The molecule has 10 nitrogen and oxygen atoms in total. The summed E-state index contributed by atoms with van der Waals surface area (Å²) in [6, 6.07) is 9.65. The molecule has 0 aliphatic carbocycles. The van der Waals surface area contributed by atoms with Gasteiger partial charge in [-0.15, -0.1) is 0 Å². The zero-order valence-electron chi connectivity index (χ0n) is 18.8.